The molecule has 1 N–H and O–H groups in total. The van der Waals surface area contributed by atoms with Gasteiger partial charge in [0, 0.05) is 5.02 Å². The van der Waals surface area contributed by atoms with Crippen molar-refractivity contribution in [3.8, 4) is 0 Å². The van der Waals surface area contributed by atoms with E-state index in [2.05, 4.69) is 0 Å². The molecule has 2 rings (SSSR count). The summed E-state index contributed by atoms with van der Waals surface area (Å²) in [5.74, 6) is -1.54. The number of aliphatic hydroxyl groups is 1. The van der Waals surface area contributed by atoms with Gasteiger partial charge in [-0.05, 0) is 49.3 Å². The van der Waals surface area contributed by atoms with Crippen LogP contribution >= 0.6 is 11.6 Å². The van der Waals surface area contributed by atoms with E-state index in [1.54, 1.807) is 24.3 Å². The van der Waals surface area contributed by atoms with E-state index in [0.29, 0.717) is 24.3 Å². The van der Waals surface area contributed by atoms with Crippen LogP contribution in [0.15, 0.2) is 24.3 Å². The Morgan fingerprint density at radius 1 is 1.20 bits per heavy atom. The Morgan fingerprint density at radius 2 is 1.85 bits per heavy atom. The Hall–Kier alpha value is -0.740. The van der Waals surface area contributed by atoms with Crippen molar-refractivity contribution < 1.29 is 18.3 Å². The van der Waals surface area contributed by atoms with E-state index in [1.165, 1.54) is 0 Å². The van der Waals surface area contributed by atoms with Gasteiger partial charge in [0.1, 0.15) is 0 Å². The number of hydrogen-bond donors (Lipinski definition) is 1. The van der Waals surface area contributed by atoms with Gasteiger partial charge >= 0.3 is 6.18 Å². The number of hydrogen-bond acceptors (Lipinski definition) is 1. The Kier molecular flexibility index (Phi) is 4.97. The smallest absolute Gasteiger partial charge is 0.391 e. The summed E-state index contributed by atoms with van der Waals surface area (Å²) in [5, 5.41) is 10.8. The summed E-state index contributed by atoms with van der Waals surface area (Å²) in [4.78, 5) is 0. The van der Waals surface area contributed by atoms with Gasteiger partial charge in [0.2, 0.25) is 0 Å². The van der Waals surface area contributed by atoms with E-state index in [-0.39, 0.29) is 18.8 Å². The zero-order chi connectivity index (χ0) is 14.8. The summed E-state index contributed by atoms with van der Waals surface area (Å²) < 4.78 is 38.3. The van der Waals surface area contributed by atoms with Gasteiger partial charge in [0.05, 0.1) is 12.0 Å². The molecule has 0 heterocycles. The lowest BCUT2D eigenvalue weighted by Gasteiger charge is -2.33. The molecule has 3 atom stereocenters. The second kappa shape index (κ2) is 6.35. The average Bonchev–Trinajstić information content (AvgIpc) is 2.40. The molecule has 1 nitrogen and oxygen atoms in total. The van der Waals surface area contributed by atoms with Crippen LogP contribution in [-0.2, 0) is 6.42 Å². The van der Waals surface area contributed by atoms with Gasteiger partial charge in [-0.1, -0.05) is 30.2 Å². The van der Waals surface area contributed by atoms with Crippen molar-refractivity contribution in [2.24, 2.45) is 11.8 Å². The fourth-order valence-corrected chi connectivity index (χ4v) is 3.03. The molecule has 0 spiro atoms. The van der Waals surface area contributed by atoms with Gasteiger partial charge in [-0.2, -0.15) is 13.2 Å². The molecular formula is C15H18ClF3O. The third kappa shape index (κ3) is 4.13. The largest absolute Gasteiger partial charge is 0.392 e. The molecule has 1 aromatic carbocycles. The zero-order valence-electron chi connectivity index (χ0n) is 11.0. The van der Waals surface area contributed by atoms with E-state index in [9.17, 15) is 18.3 Å². The van der Waals surface area contributed by atoms with Crippen LogP contribution in [0.2, 0.25) is 5.02 Å². The summed E-state index contributed by atoms with van der Waals surface area (Å²) in [6.07, 6.45) is -3.05. The van der Waals surface area contributed by atoms with Gasteiger partial charge in [-0.15, -0.1) is 0 Å². The number of alkyl halides is 3. The summed E-state index contributed by atoms with van der Waals surface area (Å²) in [6.45, 7) is 0. The first kappa shape index (κ1) is 15.6. The number of halogens is 4. The molecule has 1 aliphatic rings. The van der Waals surface area contributed by atoms with Crippen LogP contribution < -0.4 is 0 Å². The van der Waals surface area contributed by atoms with Gasteiger partial charge in [0.25, 0.3) is 0 Å². The summed E-state index contributed by atoms with van der Waals surface area (Å²) in [5.41, 5.74) is 0.899. The molecule has 0 saturated heterocycles. The molecule has 3 unspecified atom stereocenters. The standard InChI is InChI=1S/C15H18ClF3O/c16-13-6-4-10(5-7-13)8-14(20)11-2-1-3-12(9-11)15(17,18)19/h4-7,11-12,14,20H,1-3,8-9H2. The Morgan fingerprint density at radius 3 is 2.45 bits per heavy atom. The lowest BCUT2D eigenvalue weighted by atomic mass is 9.77. The van der Waals surface area contributed by atoms with Gasteiger partial charge in [0.15, 0.2) is 0 Å². The van der Waals surface area contributed by atoms with Crippen LogP contribution in [0, 0.1) is 11.8 Å². The first-order valence-corrected chi connectivity index (χ1v) is 7.23. The van der Waals surface area contributed by atoms with Crippen LogP contribution in [0.4, 0.5) is 13.2 Å². The van der Waals surface area contributed by atoms with Crippen LogP contribution in [0.1, 0.15) is 31.2 Å². The molecule has 1 aromatic rings. The molecule has 5 heteroatoms. The minimum atomic E-state index is -4.14. The lowest BCUT2D eigenvalue weighted by Crippen LogP contribution is -2.34. The molecule has 20 heavy (non-hydrogen) atoms. The maximum absolute atomic E-state index is 12.8. The highest BCUT2D eigenvalue weighted by Crippen LogP contribution is 2.41. The van der Waals surface area contributed by atoms with Crippen LogP contribution in [-0.4, -0.2) is 17.4 Å². The highest BCUT2D eigenvalue weighted by atomic mass is 35.5. The Labute approximate surface area is 121 Å². The minimum Gasteiger partial charge on any atom is -0.392 e. The van der Waals surface area contributed by atoms with E-state index in [1.807, 2.05) is 0 Å². The maximum Gasteiger partial charge on any atom is 0.391 e. The topological polar surface area (TPSA) is 20.2 Å². The van der Waals surface area contributed by atoms with Gasteiger partial charge < -0.3 is 5.11 Å². The van der Waals surface area contributed by atoms with Crippen LogP contribution in [0.3, 0.4) is 0 Å². The predicted octanol–water partition coefficient (Wildman–Crippen LogP) is 4.61. The number of rotatable bonds is 3. The molecule has 1 aliphatic carbocycles. The highest BCUT2D eigenvalue weighted by Gasteiger charge is 2.43. The number of aliphatic hydroxyl groups excluding tert-OH is 1. The molecule has 1 fully saturated rings. The first-order chi connectivity index (χ1) is 9.36. The van der Waals surface area contributed by atoms with Crippen molar-refractivity contribution in [3.63, 3.8) is 0 Å². The molecule has 112 valence electrons. The van der Waals surface area contributed by atoms with Gasteiger partial charge in [-0.3, -0.25) is 0 Å². The monoisotopic (exact) mass is 306 g/mol. The van der Waals surface area contributed by atoms with Crippen molar-refractivity contribution in [1.29, 1.82) is 0 Å². The van der Waals surface area contributed by atoms with Crippen molar-refractivity contribution in [1.82, 2.24) is 0 Å². The Balaban J connectivity index is 1.95. The van der Waals surface area contributed by atoms with E-state index in [4.69, 9.17) is 11.6 Å². The highest BCUT2D eigenvalue weighted by molar-refractivity contribution is 6.30. The van der Waals surface area contributed by atoms with Crippen molar-refractivity contribution in [2.45, 2.75) is 44.4 Å². The average molecular weight is 307 g/mol. The third-order valence-corrected chi connectivity index (χ3v) is 4.33. The van der Waals surface area contributed by atoms with Crippen LogP contribution in [0.5, 0.6) is 0 Å². The molecule has 1 saturated carbocycles. The second-order valence-electron chi connectivity index (χ2n) is 5.56. The summed E-state index contributed by atoms with van der Waals surface area (Å²) >= 11 is 5.78. The fraction of sp³-hybridized carbons (Fsp3) is 0.600. The minimum absolute atomic E-state index is 0.0399. The van der Waals surface area contributed by atoms with Crippen molar-refractivity contribution >= 4 is 11.6 Å². The molecule has 0 bridgehead atoms. The van der Waals surface area contributed by atoms with Crippen molar-refractivity contribution in [3.05, 3.63) is 34.9 Å². The van der Waals surface area contributed by atoms with Gasteiger partial charge in [-0.25, -0.2) is 0 Å². The molecule has 0 radical (unpaired) electrons. The van der Waals surface area contributed by atoms with E-state index in [0.717, 1.165) is 5.56 Å². The summed E-state index contributed by atoms with van der Waals surface area (Å²) in [7, 11) is 0. The normalized spacial score (nSPS) is 25.4. The maximum atomic E-state index is 12.8. The molecule has 0 aromatic heterocycles. The zero-order valence-corrected chi connectivity index (χ0v) is 11.8. The summed E-state index contributed by atoms with van der Waals surface area (Å²) in [6, 6.07) is 7.05. The third-order valence-electron chi connectivity index (χ3n) is 4.08. The quantitative estimate of drug-likeness (QED) is 0.864. The molecule has 0 aliphatic heterocycles. The molecular weight excluding hydrogens is 289 g/mol. The first-order valence-electron chi connectivity index (χ1n) is 6.85. The predicted molar refractivity (Wildman–Crippen MR) is 72.7 cm³/mol. The molecule has 0 amide bonds. The van der Waals surface area contributed by atoms with E-state index >= 15 is 0 Å². The SMILES string of the molecule is OC(Cc1ccc(Cl)cc1)C1CCCC(C(F)(F)F)C1. The van der Waals surface area contributed by atoms with Crippen LogP contribution in [0.25, 0.3) is 0 Å². The number of benzene rings is 1. The lowest BCUT2D eigenvalue weighted by molar-refractivity contribution is -0.188. The van der Waals surface area contributed by atoms with E-state index < -0.39 is 18.2 Å². The van der Waals surface area contributed by atoms with Crippen molar-refractivity contribution in [2.75, 3.05) is 0 Å². The second-order valence-corrected chi connectivity index (χ2v) is 6.00. The fourth-order valence-electron chi connectivity index (χ4n) is 2.90. The Bertz CT molecular complexity index is 430.